The molecule has 0 amide bonds. The molecule has 3 nitrogen and oxygen atoms in total. The van der Waals surface area contributed by atoms with Crippen molar-refractivity contribution in [3.05, 3.63) is 0 Å². The molecule has 0 radical (unpaired) electrons. The fraction of sp³-hybridized carbons (Fsp3) is 1.00. The predicted octanol–water partition coefficient (Wildman–Crippen LogP) is 2.54. The molecule has 3 saturated carbocycles. The number of aliphatic hydroxyl groups is 1. The summed E-state index contributed by atoms with van der Waals surface area (Å²) in [7, 11) is 0. The second-order valence-electron chi connectivity index (χ2n) is 7.49. The topological polar surface area (TPSA) is 35.5 Å². The normalized spacial score (nSPS) is 26.7. The quantitative estimate of drug-likeness (QED) is 0.717. The van der Waals surface area contributed by atoms with Crippen molar-refractivity contribution in [3.63, 3.8) is 0 Å². The van der Waals surface area contributed by atoms with Crippen LogP contribution in [0.15, 0.2) is 0 Å². The molecular formula is C17H32N2O. The molecule has 3 fully saturated rings. The second kappa shape index (κ2) is 6.76. The molecule has 0 aromatic heterocycles. The van der Waals surface area contributed by atoms with Gasteiger partial charge in [-0.05, 0) is 43.9 Å². The molecule has 2 N–H and O–H groups in total. The lowest BCUT2D eigenvalue weighted by Gasteiger charge is -2.38. The van der Waals surface area contributed by atoms with Crippen molar-refractivity contribution in [2.75, 3.05) is 26.2 Å². The third kappa shape index (κ3) is 3.75. The van der Waals surface area contributed by atoms with Crippen molar-refractivity contribution >= 4 is 0 Å². The van der Waals surface area contributed by atoms with Crippen molar-refractivity contribution in [1.29, 1.82) is 0 Å². The highest BCUT2D eigenvalue weighted by molar-refractivity contribution is 4.94. The van der Waals surface area contributed by atoms with Gasteiger partial charge in [0.15, 0.2) is 0 Å². The first-order chi connectivity index (χ1) is 9.81. The molecule has 0 aliphatic heterocycles. The van der Waals surface area contributed by atoms with Gasteiger partial charge < -0.3 is 10.4 Å². The Bertz CT molecular complexity index is 291. The van der Waals surface area contributed by atoms with Crippen molar-refractivity contribution < 1.29 is 5.11 Å². The molecule has 3 rings (SSSR count). The van der Waals surface area contributed by atoms with Crippen LogP contribution in [0, 0.1) is 5.41 Å². The van der Waals surface area contributed by atoms with Gasteiger partial charge in [0.2, 0.25) is 0 Å². The molecule has 3 aliphatic carbocycles. The summed E-state index contributed by atoms with van der Waals surface area (Å²) in [5, 5.41) is 13.2. The average molecular weight is 280 g/mol. The Morgan fingerprint density at radius 2 is 1.70 bits per heavy atom. The van der Waals surface area contributed by atoms with Crippen molar-refractivity contribution in [1.82, 2.24) is 10.2 Å². The van der Waals surface area contributed by atoms with Crippen molar-refractivity contribution in [2.45, 2.75) is 76.3 Å². The van der Waals surface area contributed by atoms with E-state index >= 15 is 0 Å². The van der Waals surface area contributed by atoms with Crippen LogP contribution in [0.2, 0.25) is 0 Å². The molecule has 20 heavy (non-hydrogen) atoms. The van der Waals surface area contributed by atoms with Gasteiger partial charge in [0.25, 0.3) is 0 Å². The summed E-state index contributed by atoms with van der Waals surface area (Å²) in [6.07, 6.45) is 13.9. The Balaban J connectivity index is 1.59. The maximum Gasteiger partial charge on any atom is 0.0558 e. The third-order valence-corrected chi connectivity index (χ3v) is 5.77. The number of nitrogens with one attached hydrogen (secondary N) is 1. The fourth-order valence-electron chi connectivity index (χ4n) is 4.38. The van der Waals surface area contributed by atoms with Crippen LogP contribution in [0.5, 0.6) is 0 Å². The van der Waals surface area contributed by atoms with Crippen LogP contribution in [0.25, 0.3) is 0 Å². The molecule has 0 aromatic carbocycles. The largest absolute Gasteiger partial charge is 0.395 e. The SMILES string of the molecule is OCCN(CC1(CNC2CC2)CCCC1)C1CCCC1. The smallest absolute Gasteiger partial charge is 0.0558 e. The van der Waals surface area contributed by atoms with E-state index in [-0.39, 0.29) is 0 Å². The average Bonchev–Trinajstić information content (AvgIpc) is 2.93. The number of nitrogens with zero attached hydrogens (tertiary/aromatic N) is 1. The van der Waals surface area contributed by atoms with Crippen LogP contribution >= 0.6 is 0 Å². The minimum absolute atomic E-state index is 0.322. The summed E-state index contributed by atoms with van der Waals surface area (Å²) >= 11 is 0. The lowest BCUT2D eigenvalue weighted by molar-refractivity contribution is 0.0889. The van der Waals surface area contributed by atoms with E-state index in [4.69, 9.17) is 0 Å². The Kier molecular flexibility index (Phi) is 5.00. The van der Waals surface area contributed by atoms with Gasteiger partial charge in [-0.3, -0.25) is 4.90 Å². The minimum Gasteiger partial charge on any atom is -0.395 e. The number of rotatable bonds is 8. The molecule has 0 spiro atoms. The van der Waals surface area contributed by atoms with Crippen molar-refractivity contribution in [3.8, 4) is 0 Å². The summed E-state index contributed by atoms with van der Waals surface area (Å²) in [4.78, 5) is 2.63. The van der Waals surface area contributed by atoms with Gasteiger partial charge in [-0.25, -0.2) is 0 Å². The van der Waals surface area contributed by atoms with Gasteiger partial charge in [-0.2, -0.15) is 0 Å². The number of aliphatic hydroxyl groups excluding tert-OH is 1. The first kappa shape index (κ1) is 14.8. The second-order valence-corrected chi connectivity index (χ2v) is 7.49. The van der Waals surface area contributed by atoms with Gasteiger partial charge in [-0.1, -0.05) is 25.7 Å². The molecule has 3 aliphatic rings. The predicted molar refractivity (Wildman–Crippen MR) is 82.8 cm³/mol. The van der Waals surface area contributed by atoms with E-state index in [1.54, 1.807) is 0 Å². The third-order valence-electron chi connectivity index (χ3n) is 5.77. The lowest BCUT2D eigenvalue weighted by Crippen LogP contribution is -2.47. The van der Waals surface area contributed by atoms with Gasteiger partial charge >= 0.3 is 0 Å². The van der Waals surface area contributed by atoms with E-state index in [1.807, 2.05) is 0 Å². The maximum atomic E-state index is 9.43. The Hall–Kier alpha value is -0.120. The maximum absolute atomic E-state index is 9.43. The molecule has 0 aromatic rings. The molecule has 0 saturated heterocycles. The Morgan fingerprint density at radius 1 is 1.00 bits per heavy atom. The summed E-state index contributed by atoms with van der Waals surface area (Å²) in [6.45, 7) is 3.64. The zero-order valence-electron chi connectivity index (χ0n) is 12.9. The van der Waals surface area contributed by atoms with E-state index in [9.17, 15) is 5.11 Å². The summed E-state index contributed by atoms with van der Waals surface area (Å²) in [6, 6.07) is 1.57. The van der Waals surface area contributed by atoms with Gasteiger partial charge in [0.05, 0.1) is 6.61 Å². The summed E-state index contributed by atoms with van der Waals surface area (Å²) < 4.78 is 0. The van der Waals surface area contributed by atoms with Crippen LogP contribution < -0.4 is 5.32 Å². The standard InChI is InChI=1S/C17H32N2O/c20-12-11-19(16-5-1-2-6-16)14-17(9-3-4-10-17)13-18-15-7-8-15/h15-16,18,20H,1-14H2. The summed E-state index contributed by atoms with van der Waals surface area (Å²) in [5.41, 5.74) is 0.500. The van der Waals surface area contributed by atoms with Crippen molar-refractivity contribution in [2.24, 2.45) is 5.41 Å². The Morgan fingerprint density at radius 3 is 2.30 bits per heavy atom. The molecule has 0 atom stereocenters. The lowest BCUT2D eigenvalue weighted by atomic mass is 9.84. The van der Waals surface area contributed by atoms with Crippen LogP contribution in [-0.2, 0) is 0 Å². The van der Waals surface area contributed by atoms with Gasteiger partial charge in [0.1, 0.15) is 0 Å². The van der Waals surface area contributed by atoms with Gasteiger partial charge in [-0.15, -0.1) is 0 Å². The fourth-order valence-corrected chi connectivity index (χ4v) is 4.38. The highest BCUT2D eigenvalue weighted by Crippen LogP contribution is 2.40. The minimum atomic E-state index is 0.322. The van der Waals surface area contributed by atoms with E-state index in [0.29, 0.717) is 12.0 Å². The first-order valence-electron chi connectivity index (χ1n) is 8.90. The van der Waals surface area contributed by atoms with E-state index in [2.05, 4.69) is 10.2 Å². The van der Waals surface area contributed by atoms with E-state index in [1.165, 1.54) is 77.3 Å². The molecule has 0 unspecified atom stereocenters. The van der Waals surface area contributed by atoms with E-state index < -0.39 is 0 Å². The molecule has 3 heteroatoms. The van der Waals surface area contributed by atoms with Crippen LogP contribution in [0.4, 0.5) is 0 Å². The summed E-state index contributed by atoms with van der Waals surface area (Å²) in [5.74, 6) is 0. The zero-order valence-corrected chi connectivity index (χ0v) is 12.9. The number of hydrogen-bond acceptors (Lipinski definition) is 3. The van der Waals surface area contributed by atoms with Crippen LogP contribution in [0.3, 0.4) is 0 Å². The molecule has 116 valence electrons. The van der Waals surface area contributed by atoms with Crippen LogP contribution in [0.1, 0.15) is 64.2 Å². The molecule has 0 heterocycles. The van der Waals surface area contributed by atoms with Gasteiger partial charge in [0, 0.05) is 31.7 Å². The monoisotopic (exact) mass is 280 g/mol. The highest BCUT2D eigenvalue weighted by atomic mass is 16.3. The Labute approximate surface area is 124 Å². The molecular weight excluding hydrogens is 248 g/mol. The molecule has 0 bridgehead atoms. The first-order valence-corrected chi connectivity index (χ1v) is 8.90. The zero-order chi connectivity index (χ0) is 13.8. The van der Waals surface area contributed by atoms with Crippen LogP contribution in [-0.4, -0.2) is 48.3 Å². The highest BCUT2D eigenvalue weighted by Gasteiger charge is 2.38. The number of hydrogen-bond donors (Lipinski definition) is 2. The van der Waals surface area contributed by atoms with E-state index in [0.717, 1.165) is 18.6 Å².